The molecule has 0 unspecified atom stereocenters. The lowest BCUT2D eigenvalue weighted by molar-refractivity contribution is -0.126. The van der Waals surface area contributed by atoms with E-state index in [1.54, 1.807) is 12.5 Å². The summed E-state index contributed by atoms with van der Waals surface area (Å²) >= 11 is 0. The highest BCUT2D eigenvalue weighted by atomic mass is 19.1. The van der Waals surface area contributed by atoms with Gasteiger partial charge in [0.05, 0.1) is 6.33 Å². The van der Waals surface area contributed by atoms with Crippen LogP contribution in [0.15, 0.2) is 67.1 Å². The molecule has 5 rings (SSSR count). The Morgan fingerprint density at radius 2 is 1.88 bits per heavy atom. The van der Waals surface area contributed by atoms with Crippen LogP contribution in [-0.2, 0) is 24.3 Å². The fraction of sp³-hybridized carbons (Fsp3) is 0.333. The molecule has 1 aliphatic heterocycles. The van der Waals surface area contributed by atoms with Gasteiger partial charge >= 0.3 is 0 Å². The lowest BCUT2D eigenvalue weighted by Crippen LogP contribution is -2.41. The number of imidazole rings is 1. The van der Waals surface area contributed by atoms with E-state index in [1.807, 2.05) is 12.1 Å². The predicted molar refractivity (Wildman–Crippen MR) is 131 cm³/mol. The maximum atomic E-state index is 13.4. The van der Waals surface area contributed by atoms with Crippen LogP contribution in [0.1, 0.15) is 29.8 Å². The maximum absolute atomic E-state index is 13.4. The quantitative estimate of drug-likeness (QED) is 0.417. The van der Waals surface area contributed by atoms with E-state index in [2.05, 4.69) is 55.1 Å². The molecule has 0 radical (unpaired) electrons. The highest BCUT2D eigenvalue weighted by Crippen LogP contribution is 2.25. The Morgan fingerprint density at radius 3 is 2.65 bits per heavy atom. The number of likely N-dealkylation sites (tertiary alicyclic amines) is 1. The Labute approximate surface area is 198 Å². The van der Waals surface area contributed by atoms with Crippen LogP contribution in [0.5, 0.6) is 0 Å². The van der Waals surface area contributed by atoms with Crippen molar-refractivity contribution in [2.75, 3.05) is 19.6 Å². The molecule has 1 aliphatic rings. The number of aromatic amines is 1. The summed E-state index contributed by atoms with van der Waals surface area (Å²) in [6.45, 7) is 3.97. The van der Waals surface area contributed by atoms with Crippen LogP contribution in [0.2, 0.25) is 0 Å². The molecule has 0 spiro atoms. The van der Waals surface area contributed by atoms with E-state index in [9.17, 15) is 9.18 Å². The minimum absolute atomic E-state index is 0.0723. The first kappa shape index (κ1) is 22.3. The van der Waals surface area contributed by atoms with Crippen molar-refractivity contribution in [1.29, 1.82) is 0 Å². The molecule has 4 aromatic rings. The van der Waals surface area contributed by atoms with Crippen LogP contribution in [0.3, 0.4) is 0 Å². The van der Waals surface area contributed by atoms with E-state index in [-0.39, 0.29) is 17.6 Å². The lowest BCUT2D eigenvalue weighted by atomic mass is 9.95. The summed E-state index contributed by atoms with van der Waals surface area (Å²) in [5.74, 6) is 0.0160. The zero-order valence-corrected chi connectivity index (χ0v) is 19.2. The van der Waals surface area contributed by atoms with Gasteiger partial charge in [-0.05, 0) is 61.1 Å². The topological polar surface area (TPSA) is 66.0 Å². The molecular weight excluding hydrogens is 429 g/mol. The zero-order valence-electron chi connectivity index (χ0n) is 19.2. The Kier molecular flexibility index (Phi) is 6.72. The third-order valence-electron chi connectivity index (χ3n) is 6.74. The molecule has 0 saturated carbocycles. The summed E-state index contributed by atoms with van der Waals surface area (Å²) in [5, 5.41) is 4.29. The molecule has 34 heavy (non-hydrogen) atoms. The number of hydrogen-bond donors (Lipinski definition) is 2. The number of nitrogens with one attached hydrogen (secondary N) is 2. The summed E-state index contributed by atoms with van der Waals surface area (Å²) in [5.41, 5.74) is 4.54. The second kappa shape index (κ2) is 10.2. The third kappa shape index (κ3) is 5.20. The Bertz CT molecular complexity index is 1220. The molecule has 1 fully saturated rings. The van der Waals surface area contributed by atoms with E-state index >= 15 is 0 Å². The van der Waals surface area contributed by atoms with Crippen molar-refractivity contribution in [3.63, 3.8) is 0 Å². The van der Waals surface area contributed by atoms with Gasteiger partial charge in [-0.2, -0.15) is 0 Å². The maximum Gasteiger partial charge on any atom is 0.223 e. The molecule has 2 aromatic carbocycles. The first-order chi connectivity index (χ1) is 16.7. The van der Waals surface area contributed by atoms with Gasteiger partial charge in [0.25, 0.3) is 0 Å². The van der Waals surface area contributed by atoms with Crippen LogP contribution < -0.4 is 5.32 Å². The van der Waals surface area contributed by atoms with Crippen molar-refractivity contribution >= 4 is 16.8 Å². The molecule has 2 aromatic heterocycles. The number of amides is 1. The number of halogens is 1. The van der Waals surface area contributed by atoms with E-state index in [1.165, 1.54) is 28.7 Å². The average molecular weight is 460 g/mol. The van der Waals surface area contributed by atoms with Crippen molar-refractivity contribution in [2.24, 2.45) is 5.92 Å². The summed E-state index contributed by atoms with van der Waals surface area (Å²) in [6.07, 6.45) is 5.96. The molecule has 176 valence electrons. The molecule has 0 atom stereocenters. The fourth-order valence-electron chi connectivity index (χ4n) is 4.83. The van der Waals surface area contributed by atoms with E-state index in [0.717, 1.165) is 50.2 Å². The number of para-hydroxylation sites is 1. The molecule has 6 nitrogen and oxygen atoms in total. The fourth-order valence-corrected chi connectivity index (χ4v) is 4.83. The van der Waals surface area contributed by atoms with Crippen LogP contribution in [0.4, 0.5) is 4.39 Å². The summed E-state index contributed by atoms with van der Waals surface area (Å²) in [7, 11) is 0. The van der Waals surface area contributed by atoms with Gasteiger partial charge in [0.15, 0.2) is 0 Å². The number of rotatable bonds is 8. The molecule has 7 heteroatoms. The number of H-pyrrole nitrogens is 1. The van der Waals surface area contributed by atoms with Crippen LogP contribution >= 0.6 is 0 Å². The summed E-state index contributed by atoms with van der Waals surface area (Å²) in [4.78, 5) is 22.1. The molecule has 0 bridgehead atoms. The Hall–Kier alpha value is -3.45. The molecule has 3 heterocycles. The number of fused-ring (bicyclic) bond motifs is 1. The number of aromatic nitrogens is 3. The van der Waals surface area contributed by atoms with E-state index in [4.69, 9.17) is 0 Å². The van der Waals surface area contributed by atoms with E-state index in [0.29, 0.717) is 13.1 Å². The van der Waals surface area contributed by atoms with Crippen molar-refractivity contribution in [3.05, 3.63) is 89.9 Å². The highest BCUT2D eigenvalue weighted by Gasteiger charge is 2.25. The second-order valence-corrected chi connectivity index (χ2v) is 9.08. The number of hydrogen-bond acceptors (Lipinski definition) is 3. The first-order valence-electron chi connectivity index (χ1n) is 11.9. The van der Waals surface area contributed by atoms with Gasteiger partial charge in [-0.3, -0.25) is 9.69 Å². The van der Waals surface area contributed by atoms with Crippen molar-refractivity contribution in [3.8, 4) is 0 Å². The second-order valence-electron chi connectivity index (χ2n) is 9.08. The minimum Gasteiger partial charge on any atom is -0.355 e. The van der Waals surface area contributed by atoms with Crippen molar-refractivity contribution < 1.29 is 9.18 Å². The van der Waals surface area contributed by atoms with Crippen LogP contribution in [0.25, 0.3) is 10.9 Å². The third-order valence-corrected chi connectivity index (χ3v) is 6.74. The standard InChI is InChI=1S/C27H30FN5O/c28-23-7-5-20(6-8-23)17-33-25(15-22-3-1-2-4-26(22)33)18-32-13-10-21(11-14-32)27(34)30-12-9-24-16-29-19-31-24/h1-8,15-16,19,21H,9-14,17-18H2,(H,29,31)(H,30,34). The lowest BCUT2D eigenvalue weighted by Gasteiger charge is -2.31. The summed E-state index contributed by atoms with van der Waals surface area (Å²) < 4.78 is 15.7. The monoisotopic (exact) mass is 459 g/mol. The number of benzene rings is 2. The van der Waals surface area contributed by atoms with Gasteiger partial charge in [-0.1, -0.05) is 30.3 Å². The van der Waals surface area contributed by atoms with E-state index < -0.39 is 0 Å². The van der Waals surface area contributed by atoms with Crippen molar-refractivity contribution in [1.82, 2.24) is 24.8 Å². The van der Waals surface area contributed by atoms with Gasteiger partial charge in [0.2, 0.25) is 5.91 Å². The number of carbonyl (C=O) groups excluding carboxylic acids is 1. The van der Waals surface area contributed by atoms with Gasteiger partial charge in [-0.15, -0.1) is 0 Å². The van der Waals surface area contributed by atoms with Gasteiger partial charge in [0, 0.05) is 55.1 Å². The minimum atomic E-state index is -0.213. The van der Waals surface area contributed by atoms with Crippen molar-refractivity contribution in [2.45, 2.75) is 32.4 Å². The van der Waals surface area contributed by atoms with Crippen LogP contribution in [0, 0.1) is 11.7 Å². The SMILES string of the molecule is O=C(NCCc1cnc[nH]1)C1CCN(Cc2cc3ccccc3n2Cc2ccc(F)cc2)CC1. The first-order valence-corrected chi connectivity index (χ1v) is 11.9. The average Bonchev–Trinajstić information content (AvgIpc) is 3.49. The number of nitrogens with zero attached hydrogens (tertiary/aromatic N) is 3. The molecule has 2 N–H and O–H groups in total. The van der Waals surface area contributed by atoms with Gasteiger partial charge in [-0.25, -0.2) is 9.37 Å². The Balaban J connectivity index is 1.20. The van der Waals surface area contributed by atoms with Gasteiger partial charge < -0.3 is 14.9 Å². The normalized spacial score (nSPS) is 15.1. The largest absolute Gasteiger partial charge is 0.355 e. The molecule has 1 amide bonds. The molecular formula is C27H30FN5O. The predicted octanol–water partition coefficient (Wildman–Crippen LogP) is 4.12. The number of piperidine rings is 1. The zero-order chi connectivity index (χ0) is 23.3. The van der Waals surface area contributed by atoms with Gasteiger partial charge in [0.1, 0.15) is 5.82 Å². The molecule has 0 aliphatic carbocycles. The van der Waals surface area contributed by atoms with Crippen LogP contribution in [-0.4, -0.2) is 45.0 Å². The Morgan fingerprint density at radius 1 is 1.09 bits per heavy atom. The smallest absolute Gasteiger partial charge is 0.223 e. The number of carbonyl (C=O) groups is 1. The molecule has 1 saturated heterocycles. The summed E-state index contributed by atoms with van der Waals surface area (Å²) in [6, 6.07) is 17.4. The highest BCUT2D eigenvalue weighted by molar-refractivity contribution is 5.81.